The minimum absolute atomic E-state index is 0. The number of Topliss-reactive ketones (excluding diaryl/α,β-unsaturated/α-hetero) is 1. The largest absolute Gasteiger partial charge is 0.377 e. The fraction of sp³-hybridized carbons (Fsp3) is 0.667. The zero-order chi connectivity index (χ0) is 7.70. The first-order valence-electron chi connectivity index (χ1n) is 3.17. The zero-order valence-electron chi connectivity index (χ0n) is 10.9. The summed E-state index contributed by atoms with van der Waals surface area (Å²) in [6, 6.07) is 0. The maximum Gasteiger partial charge on any atom is 0.155 e. The maximum atomic E-state index is 9.92. The second kappa shape index (κ2) is 68.8. The van der Waals surface area contributed by atoms with Crippen molar-refractivity contribution in [1.82, 2.24) is 0 Å². The Kier molecular flexibility index (Phi) is 278. The summed E-state index contributed by atoms with van der Waals surface area (Å²) < 4.78 is 4.45. The molecule has 4 heteroatoms. The van der Waals surface area contributed by atoms with Gasteiger partial charge in [-0.3, -0.25) is 4.79 Å². The molecule has 0 rings (SSSR count). The summed E-state index contributed by atoms with van der Waals surface area (Å²) in [6.07, 6.45) is 1.25. The molecule has 0 aliphatic carbocycles. The van der Waals surface area contributed by atoms with Crippen molar-refractivity contribution >= 4 is 5.78 Å². The van der Waals surface area contributed by atoms with Crippen LogP contribution < -0.4 is 0 Å². The summed E-state index contributed by atoms with van der Waals surface area (Å²) in [6.45, 7) is 5.98. The van der Waals surface area contributed by atoms with E-state index in [1.165, 1.54) is 20.5 Å². The van der Waals surface area contributed by atoms with Crippen LogP contribution in [0.4, 0.5) is 0 Å². The quantitative estimate of drug-likeness (QED) is 0.662. The van der Waals surface area contributed by atoms with Gasteiger partial charge in [0, 0.05) is 72.5 Å². The number of rotatable bonds is 2. The van der Waals surface area contributed by atoms with E-state index in [0.29, 0.717) is 0 Å². The van der Waals surface area contributed by atoms with E-state index >= 15 is 0 Å². The van der Waals surface area contributed by atoms with Gasteiger partial charge < -0.3 is 27.0 Å². The monoisotopic (exact) mass is 387 g/mol. The van der Waals surface area contributed by atoms with Gasteiger partial charge in [0.05, 0.1) is 0 Å². The first-order chi connectivity index (χ1) is 4.18. The number of ether oxygens (including phenoxy) is 1. The van der Waals surface area contributed by atoms with E-state index in [4.69, 9.17) is 0 Å². The summed E-state index contributed by atoms with van der Waals surface area (Å²) in [4.78, 5) is 9.92. The number of carbonyl (C=O) groups excluding carboxylic acids is 1. The van der Waals surface area contributed by atoms with Crippen molar-refractivity contribution in [2.45, 2.75) is 42.0 Å². The van der Waals surface area contributed by atoms with E-state index in [2.05, 4.69) is 18.6 Å². The Bertz CT molecular complexity index is 70.0. The molecule has 102 valence electrons. The smallest absolute Gasteiger partial charge is 0.155 e. The Morgan fingerprint density at radius 2 is 1.19 bits per heavy atom. The Hall–Kier alpha value is 1.84. The van der Waals surface area contributed by atoms with Crippen LogP contribution in [0.5, 0.6) is 0 Å². The van der Waals surface area contributed by atoms with Gasteiger partial charge in [-0.15, -0.1) is 0 Å². The SMILES string of the molecule is C.C.CCC.COCC(C)=O.[CH3-].[CH3-].[CH3-].[Y].[Y]. The molecule has 0 saturated heterocycles. The van der Waals surface area contributed by atoms with E-state index in [9.17, 15) is 4.79 Å². The summed E-state index contributed by atoms with van der Waals surface area (Å²) >= 11 is 0. The van der Waals surface area contributed by atoms with Gasteiger partial charge in [0.25, 0.3) is 0 Å². The average molecular weight is 387 g/mol. The van der Waals surface area contributed by atoms with E-state index in [1.54, 1.807) is 0 Å². The third kappa shape index (κ3) is 149. The molecule has 0 amide bonds. The normalized spacial score (nSPS) is 4.25. The Balaban J connectivity index is -0.00000000654. The van der Waals surface area contributed by atoms with Crippen molar-refractivity contribution in [3.8, 4) is 0 Å². The van der Waals surface area contributed by atoms with Crippen LogP contribution in [-0.4, -0.2) is 19.5 Å². The number of ketones is 1. The van der Waals surface area contributed by atoms with Crippen LogP contribution in [0.1, 0.15) is 42.0 Å². The Morgan fingerprint density at radius 3 is 1.19 bits per heavy atom. The molecule has 0 aliphatic rings. The predicted octanol–water partition coefficient (Wildman–Crippen LogP) is 4.26. The van der Waals surface area contributed by atoms with Crippen molar-refractivity contribution < 1.29 is 74.9 Å². The number of hydrogen-bond donors (Lipinski definition) is 0. The van der Waals surface area contributed by atoms with Crippen LogP contribution in [0.25, 0.3) is 0 Å². The standard InChI is InChI=1S/C4H8O2.C3H8.2CH4.3CH3.2Y/c1-4(5)3-6-2;1-3-2;;;;;;;/h3H2,1-2H3;3H2,1-2H3;2*1H4;3*1H3;;/q;;;;3*-1;;. The fourth-order valence-corrected chi connectivity index (χ4v) is 0.203. The van der Waals surface area contributed by atoms with Gasteiger partial charge >= 0.3 is 0 Å². The molecule has 0 bridgehead atoms. The second-order valence-electron chi connectivity index (χ2n) is 1.84. The molecular weight excluding hydrogens is 354 g/mol. The average Bonchev–Trinajstić information content (AvgIpc) is 1.67. The first kappa shape index (κ1) is 64.7. The van der Waals surface area contributed by atoms with Crippen LogP contribution in [0.15, 0.2) is 0 Å². The minimum atomic E-state index is 0. The molecule has 0 spiro atoms. The molecule has 0 aromatic carbocycles. The van der Waals surface area contributed by atoms with Crippen molar-refractivity contribution in [3.05, 3.63) is 22.3 Å². The van der Waals surface area contributed by atoms with Gasteiger partial charge in [0.2, 0.25) is 0 Å². The van der Waals surface area contributed by atoms with Crippen LogP contribution in [-0.2, 0) is 74.9 Å². The predicted molar refractivity (Wildman–Crippen MR) is 71.2 cm³/mol. The molecule has 0 saturated carbocycles. The molecule has 2 nitrogen and oxygen atoms in total. The molecule has 0 N–H and O–H groups in total. The Labute approximate surface area is 157 Å². The van der Waals surface area contributed by atoms with Gasteiger partial charge in [0.1, 0.15) is 6.61 Å². The van der Waals surface area contributed by atoms with Gasteiger partial charge in [0.15, 0.2) is 5.78 Å². The number of methoxy groups -OCH3 is 1. The van der Waals surface area contributed by atoms with Gasteiger partial charge in [-0.2, -0.15) is 0 Å². The third-order valence-electron chi connectivity index (χ3n) is 0.348. The van der Waals surface area contributed by atoms with Gasteiger partial charge in [-0.25, -0.2) is 0 Å². The molecule has 0 aromatic heterocycles. The van der Waals surface area contributed by atoms with Gasteiger partial charge in [-0.05, 0) is 6.92 Å². The molecular formula is C12H33O2Y2-3. The molecule has 0 heterocycles. The van der Waals surface area contributed by atoms with E-state index in [1.807, 2.05) is 0 Å². The van der Waals surface area contributed by atoms with E-state index in [-0.39, 0.29) is 115 Å². The molecule has 0 unspecified atom stereocenters. The summed E-state index contributed by atoms with van der Waals surface area (Å²) in [5, 5.41) is 0. The number of hydrogen-bond acceptors (Lipinski definition) is 2. The molecule has 16 heavy (non-hydrogen) atoms. The molecule has 0 aliphatic heterocycles. The van der Waals surface area contributed by atoms with Crippen molar-refractivity contribution in [2.24, 2.45) is 0 Å². The van der Waals surface area contributed by atoms with E-state index < -0.39 is 0 Å². The fourth-order valence-electron chi connectivity index (χ4n) is 0.203. The molecule has 0 aromatic rings. The van der Waals surface area contributed by atoms with Gasteiger partial charge in [-0.1, -0.05) is 35.1 Å². The first-order valence-corrected chi connectivity index (χ1v) is 3.17. The summed E-state index contributed by atoms with van der Waals surface area (Å²) in [5.41, 5.74) is 0. The zero-order valence-corrected chi connectivity index (χ0v) is 16.6. The van der Waals surface area contributed by atoms with Crippen LogP contribution in [0.3, 0.4) is 0 Å². The number of carbonyl (C=O) groups is 1. The molecule has 0 fully saturated rings. The minimum Gasteiger partial charge on any atom is -0.377 e. The van der Waals surface area contributed by atoms with Crippen molar-refractivity contribution in [3.63, 3.8) is 0 Å². The molecule has 0 atom stereocenters. The topological polar surface area (TPSA) is 26.3 Å². The van der Waals surface area contributed by atoms with Crippen LogP contribution in [0.2, 0.25) is 0 Å². The van der Waals surface area contributed by atoms with Crippen molar-refractivity contribution in [1.29, 1.82) is 0 Å². The Morgan fingerprint density at radius 1 is 1.00 bits per heavy atom. The van der Waals surface area contributed by atoms with E-state index in [0.717, 1.165) is 0 Å². The molecule has 2 radical (unpaired) electrons. The third-order valence-corrected chi connectivity index (χ3v) is 0.348. The second-order valence-corrected chi connectivity index (χ2v) is 1.84. The summed E-state index contributed by atoms with van der Waals surface area (Å²) in [7, 11) is 1.50. The van der Waals surface area contributed by atoms with Crippen molar-refractivity contribution in [2.75, 3.05) is 13.7 Å². The van der Waals surface area contributed by atoms with Crippen LogP contribution >= 0.6 is 0 Å². The van der Waals surface area contributed by atoms with Crippen LogP contribution in [0, 0.1) is 22.3 Å². The summed E-state index contributed by atoms with van der Waals surface area (Å²) in [5.74, 6) is 0.0671. The maximum absolute atomic E-state index is 9.92.